The van der Waals surface area contributed by atoms with Gasteiger partial charge in [-0.25, -0.2) is 0 Å². The molecule has 1 aromatic carbocycles. The van der Waals surface area contributed by atoms with Crippen LogP contribution < -0.4 is 5.73 Å². The van der Waals surface area contributed by atoms with Gasteiger partial charge in [-0.05, 0) is 18.4 Å². The van der Waals surface area contributed by atoms with Gasteiger partial charge in [0.25, 0.3) is 0 Å². The van der Waals surface area contributed by atoms with Crippen LogP contribution in [0.5, 0.6) is 0 Å². The first-order valence-corrected chi connectivity index (χ1v) is 7.36. The van der Waals surface area contributed by atoms with Crippen molar-refractivity contribution in [3.05, 3.63) is 35.9 Å². The molecule has 0 saturated heterocycles. The molecule has 0 bridgehead atoms. The summed E-state index contributed by atoms with van der Waals surface area (Å²) >= 11 is 1.93. The molecule has 1 atom stereocenters. The summed E-state index contributed by atoms with van der Waals surface area (Å²) in [6.07, 6.45) is 5.31. The van der Waals surface area contributed by atoms with E-state index in [1.807, 2.05) is 42.1 Å². The van der Waals surface area contributed by atoms with Gasteiger partial charge in [0, 0.05) is 11.0 Å². The molecule has 0 aliphatic heterocycles. The van der Waals surface area contributed by atoms with E-state index in [9.17, 15) is 5.11 Å². The molecule has 1 aromatic rings. The van der Waals surface area contributed by atoms with Gasteiger partial charge in [0.2, 0.25) is 0 Å². The Hall–Kier alpha value is -0.510. The van der Waals surface area contributed by atoms with E-state index in [2.05, 4.69) is 0 Å². The molecule has 0 amide bonds. The zero-order valence-electron chi connectivity index (χ0n) is 10.1. The third-order valence-electron chi connectivity index (χ3n) is 3.51. The van der Waals surface area contributed by atoms with Gasteiger partial charge in [-0.2, -0.15) is 11.8 Å². The number of rotatable bonds is 5. The maximum atomic E-state index is 9.57. The number of nitrogens with two attached hydrogens (primary N) is 1. The molecule has 1 aliphatic carbocycles. The van der Waals surface area contributed by atoms with E-state index in [1.165, 1.54) is 25.7 Å². The molecule has 17 heavy (non-hydrogen) atoms. The molecular weight excluding hydrogens is 230 g/mol. The second-order valence-corrected chi connectivity index (χ2v) is 6.19. The van der Waals surface area contributed by atoms with E-state index < -0.39 is 5.54 Å². The van der Waals surface area contributed by atoms with Gasteiger partial charge >= 0.3 is 0 Å². The number of hydrogen-bond donors (Lipinski definition) is 2. The molecule has 0 aromatic heterocycles. The Morgan fingerprint density at radius 1 is 1.24 bits per heavy atom. The summed E-state index contributed by atoms with van der Waals surface area (Å²) in [5, 5.41) is 10.3. The summed E-state index contributed by atoms with van der Waals surface area (Å²) in [6, 6.07) is 9.95. The molecule has 3 heteroatoms. The van der Waals surface area contributed by atoms with Crippen LogP contribution in [-0.2, 0) is 5.54 Å². The normalized spacial score (nSPS) is 20.4. The quantitative estimate of drug-likeness (QED) is 0.845. The van der Waals surface area contributed by atoms with Crippen LogP contribution in [0.25, 0.3) is 0 Å². The first kappa shape index (κ1) is 12.9. The van der Waals surface area contributed by atoms with Crippen molar-refractivity contribution in [1.82, 2.24) is 0 Å². The molecule has 94 valence electrons. The lowest BCUT2D eigenvalue weighted by Gasteiger charge is -2.28. The Morgan fingerprint density at radius 3 is 2.47 bits per heavy atom. The van der Waals surface area contributed by atoms with Crippen molar-refractivity contribution in [2.75, 3.05) is 12.4 Å². The third-order valence-corrected chi connectivity index (χ3v) is 5.13. The minimum absolute atomic E-state index is 0.0106. The lowest BCUT2D eigenvalue weighted by molar-refractivity contribution is 0.213. The fourth-order valence-corrected chi connectivity index (χ4v) is 3.77. The smallest absolute Gasteiger partial charge is 0.0735 e. The van der Waals surface area contributed by atoms with Crippen LogP contribution in [0.2, 0.25) is 0 Å². The Kier molecular flexibility index (Phi) is 4.48. The second kappa shape index (κ2) is 5.89. The predicted molar refractivity (Wildman–Crippen MR) is 74.1 cm³/mol. The van der Waals surface area contributed by atoms with E-state index in [1.54, 1.807) is 0 Å². The van der Waals surface area contributed by atoms with E-state index in [-0.39, 0.29) is 6.61 Å². The molecule has 2 nitrogen and oxygen atoms in total. The molecule has 3 N–H and O–H groups in total. The maximum Gasteiger partial charge on any atom is 0.0735 e. The van der Waals surface area contributed by atoms with Crippen LogP contribution in [0.15, 0.2) is 30.3 Å². The summed E-state index contributed by atoms with van der Waals surface area (Å²) in [6.45, 7) is 0.0106. The molecule has 0 heterocycles. The highest BCUT2D eigenvalue weighted by Crippen LogP contribution is 2.33. The maximum absolute atomic E-state index is 9.57. The van der Waals surface area contributed by atoms with Crippen molar-refractivity contribution < 1.29 is 5.11 Å². The van der Waals surface area contributed by atoms with Crippen molar-refractivity contribution in [2.24, 2.45) is 5.73 Å². The van der Waals surface area contributed by atoms with Gasteiger partial charge in [-0.15, -0.1) is 0 Å². The van der Waals surface area contributed by atoms with Gasteiger partial charge in [0.1, 0.15) is 0 Å². The first-order valence-electron chi connectivity index (χ1n) is 6.31. The molecule has 1 unspecified atom stereocenters. The average Bonchev–Trinajstić information content (AvgIpc) is 2.90. The number of hydrogen-bond acceptors (Lipinski definition) is 3. The van der Waals surface area contributed by atoms with E-state index in [4.69, 9.17) is 5.73 Å². The molecular formula is C14H21NOS. The number of aliphatic hydroxyl groups is 1. The Bertz CT molecular complexity index is 337. The third kappa shape index (κ3) is 3.24. The molecule has 0 radical (unpaired) electrons. The first-order chi connectivity index (χ1) is 8.24. The molecule has 1 saturated carbocycles. The fourth-order valence-electron chi connectivity index (χ4n) is 2.31. The Labute approximate surface area is 108 Å². The molecule has 2 rings (SSSR count). The van der Waals surface area contributed by atoms with Crippen LogP contribution in [0.3, 0.4) is 0 Å². The van der Waals surface area contributed by atoms with Crippen molar-refractivity contribution in [3.63, 3.8) is 0 Å². The van der Waals surface area contributed by atoms with Gasteiger partial charge < -0.3 is 10.8 Å². The van der Waals surface area contributed by atoms with Crippen molar-refractivity contribution in [1.29, 1.82) is 0 Å². The zero-order chi connectivity index (χ0) is 12.1. The average molecular weight is 251 g/mol. The Balaban J connectivity index is 1.98. The van der Waals surface area contributed by atoms with Crippen molar-refractivity contribution >= 4 is 11.8 Å². The molecule has 1 aliphatic rings. The number of aliphatic hydroxyl groups excluding tert-OH is 1. The minimum Gasteiger partial charge on any atom is -0.394 e. The van der Waals surface area contributed by atoms with Crippen molar-refractivity contribution in [3.8, 4) is 0 Å². The summed E-state index contributed by atoms with van der Waals surface area (Å²) in [4.78, 5) is 0. The van der Waals surface area contributed by atoms with Crippen LogP contribution in [0, 0.1) is 0 Å². The largest absolute Gasteiger partial charge is 0.394 e. The predicted octanol–water partition coefficient (Wildman–Crippen LogP) is 2.51. The minimum atomic E-state index is -0.589. The van der Waals surface area contributed by atoms with Crippen LogP contribution in [0.4, 0.5) is 0 Å². The van der Waals surface area contributed by atoms with Gasteiger partial charge in [-0.3, -0.25) is 0 Å². The zero-order valence-corrected chi connectivity index (χ0v) is 11.0. The summed E-state index contributed by atoms with van der Waals surface area (Å²) in [5.41, 5.74) is 6.77. The molecule has 0 spiro atoms. The fraction of sp³-hybridized carbons (Fsp3) is 0.571. The van der Waals surface area contributed by atoms with Crippen LogP contribution in [0.1, 0.15) is 31.2 Å². The van der Waals surface area contributed by atoms with Crippen LogP contribution >= 0.6 is 11.8 Å². The standard InChI is InChI=1S/C14H21NOS/c15-14(10-16,12-6-2-1-3-7-12)11-17-13-8-4-5-9-13/h1-3,6-7,13,16H,4-5,8-11,15H2. The van der Waals surface area contributed by atoms with E-state index >= 15 is 0 Å². The second-order valence-electron chi connectivity index (χ2n) is 4.90. The summed E-state index contributed by atoms with van der Waals surface area (Å²) in [5.74, 6) is 0.804. The monoisotopic (exact) mass is 251 g/mol. The Morgan fingerprint density at radius 2 is 1.88 bits per heavy atom. The van der Waals surface area contributed by atoms with Gasteiger partial charge in [0.15, 0.2) is 0 Å². The number of benzene rings is 1. The number of thioether (sulfide) groups is 1. The molecule has 1 fully saturated rings. The highest BCUT2D eigenvalue weighted by Gasteiger charge is 2.28. The highest BCUT2D eigenvalue weighted by molar-refractivity contribution is 7.99. The highest BCUT2D eigenvalue weighted by atomic mass is 32.2. The summed E-state index contributed by atoms with van der Waals surface area (Å²) < 4.78 is 0. The topological polar surface area (TPSA) is 46.2 Å². The summed E-state index contributed by atoms with van der Waals surface area (Å²) in [7, 11) is 0. The lowest BCUT2D eigenvalue weighted by Crippen LogP contribution is -2.43. The lowest BCUT2D eigenvalue weighted by atomic mass is 9.94. The van der Waals surface area contributed by atoms with Gasteiger partial charge in [-0.1, -0.05) is 43.2 Å². The SMILES string of the molecule is NC(CO)(CSC1CCCC1)c1ccccc1. The van der Waals surface area contributed by atoms with Crippen molar-refractivity contribution in [2.45, 2.75) is 36.5 Å². The van der Waals surface area contributed by atoms with E-state index in [0.717, 1.165) is 16.6 Å². The van der Waals surface area contributed by atoms with E-state index in [0.29, 0.717) is 0 Å². The van der Waals surface area contributed by atoms with Crippen LogP contribution in [-0.4, -0.2) is 22.7 Å². The van der Waals surface area contributed by atoms with Gasteiger partial charge in [0.05, 0.1) is 12.1 Å².